The molecular weight excluding hydrogens is 414 g/mol. The van der Waals surface area contributed by atoms with Crippen molar-refractivity contribution in [3.05, 3.63) is 78.1 Å². The number of rotatable bonds is 4. The fraction of sp³-hybridized carbons (Fsp3) is 0.355. The zero-order valence-electron chi connectivity index (χ0n) is 20.5. The summed E-state index contributed by atoms with van der Waals surface area (Å²) in [6.07, 6.45) is 11.0. The van der Waals surface area contributed by atoms with Crippen molar-refractivity contribution < 1.29 is 0 Å². The van der Waals surface area contributed by atoms with E-state index < -0.39 is 0 Å². The molecule has 0 bridgehead atoms. The van der Waals surface area contributed by atoms with Crippen molar-refractivity contribution in [2.45, 2.75) is 64.8 Å². The maximum Gasteiger partial charge on any atom is 0.0991 e. The average Bonchev–Trinajstić information content (AvgIpc) is 3.26. The molecule has 1 aliphatic carbocycles. The zero-order chi connectivity index (χ0) is 23.7. The van der Waals surface area contributed by atoms with Crippen LogP contribution in [0.5, 0.6) is 0 Å². The van der Waals surface area contributed by atoms with Crippen molar-refractivity contribution in [3.8, 4) is 28.5 Å². The first-order valence-electron chi connectivity index (χ1n) is 12.5. The van der Waals surface area contributed by atoms with Crippen LogP contribution in [0.15, 0.2) is 67.0 Å². The number of hydrogen-bond donors (Lipinski definition) is 0. The Morgan fingerprint density at radius 3 is 2.24 bits per heavy atom. The lowest BCUT2D eigenvalue weighted by atomic mass is 9.86. The molecule has 2 aromatic heterocycles. The third-order valence-electron chi connectivity index (χ3n) is 7.34. The van der Waals surface area contributed by atoms with Gasteiger partial charge in [0.25, 0.3) is 0 Å². The lowest BCUT2D eigenvalue weighted by Gasteiger charge is -2.22. The van der Waals surface area contributed by atoms with Crippen molar-refractivity contribution in [1.29, 1.82) is 5.26 Å². The second kappa shape index (κ2) is 9.11. The van der Waals surface area contributed by atoms with Crippen LogP contribution < -0.4 is 0 Å². The van der Waals surface area contributed by atoms with Gasteiger partial charge in [-0.05, 0) is 53.5 Å². The molecule has 3 nitrogen and oxygen atoms in total. The molecule has 0 spiro atoms. The minimum atomic E-state index is 0.113. The average molecular weight is 448 g/mol. The SMILES string of the molecule is CC(C)(C)c1ccc(-c2ncc3c(ccn3CC3CCCCC3)c2-c2ccc(C#N)cc2)cc1. The van der Waals surface area contributed by atoms with Gasteiger partial charge in [0, 0.05) is 29.3 Å². The van der Waals surface area contributed by atoms with E-state index in [-0.39, 0.29) is 5.41 Å². The number of pyridine rings is 1. The molecule has 0 atom stereocenters. The Balaban J connectivity index is 1.63. The molecule has 0 aliphatic heterocycles. The maximum atomic E-state index is 9.29. The van der Waals surface area contributed by atoms with Gasteiger partial charge >= 0.3 is 0 Å². The number of nitriles is 1. The Labute approximate surface area is 203 Å². The summed E-state index contributed by atoms with van der Waals surface area (Å²) in [6, 6.07) is 21.2. The Morgan fingerprint density at radius 2 is 1.59 bits per heavy atom. The van der Waals surface area contributed by atoms with Crippen molar-refractivity contribution >= 4 is 10.9 Å². The van der Waals surface area contributed by atoms with E-state index in [0.29, 0.717) is 5.56 Å². The van der Waals surface area contributed by atoms with Gasteiger partial charge in [0.05, 0.1) is 29.0 Å². The smallest absolute Gasteiger partial charge is 0.0991 e. The zero-order valence-corrected chi connectivity index (χ0v) is 20.5. The van der Waals surface area contributed by atoms with Gasteiger partial charge in [-0.2, -0.15) is 5.26 Å². The van der Waals surface area contributed by atoms with E-state index in [1.165, 1.54) is 48.6 Å². The van der Waals surface area contributed by atoms with Gasteiger partial charge < -0.3 is 4.57 Å². The van der Waals surface area contributed by atoms with E-state index in [0.717, 1.165) is 34.8 Å². The van der Waals surface area contributed by atoms with E-state index >= 15 is 0 Å². The monoisotopic (exact) mass is 447 g/mol. The van der Waals surface area contributed by atoms with Gasteiger partial charge in [-0.3, -0.25) is 4.98 Å². The highest BCUT2D eigenvalue weighted by molar-refractivity contribution is 6.01. The highest BCUT2D eigenvalue weighted by atomic mass is 15.0. The molecule has 0 saturated heterocycles. The lowest BCUT2D eigenvalue weighted by Crippen LogP contribution is -2.13. The summed E-state index contributed by atoms with van der Waals surface area (Å²) in [5.74, 6) is 0.757. The molecule has 1 fully saturated rings. The molecule has 0 amide bonds. The van der Waals surface area contributed by atoms with Gasteiger partial charge in [-0.1, -0.05) is 76.4 Å². The fourth-order valence-electron chi connectivity index (χ4n) is 5.32. The predicted octanol–water partition coefficient (Wildman–Crippen LogP) is 8.12. The molecular formula is C31H33N3. The van der Waals surface area contributed by atoms with Crippen LogP contribution in [0, 0.1) is 17.2 Å². The molecule has 5 rings (SSSR count). The maximum absolute atomic E-state index is 9.29. The van der Waals surface area contributed by atoms with Gasteiger partial charge in [0.2, 0.25) is 0 Å². The number of aromatic nitrogens is 2. The van der Waals surface area contributed by atoms with E-state index in [2.05, 4.69) is 86.3 Å². The van der Waals surface area contributed by atoms with Gasteiger partial charge in [0.1, 0.15) is 0 Å². The molecule has 1 aliphatic rings. The number of fused-ring (bicyclic) bond motifs is 1. The lowest BCUT2D eigenvalue weighted by molar-refractivity contribution is 0.322. The Kier molecular flexibility index (Phi) is 6.00. The van der Waals surface area contributed by atoms with Crippen LogP contribution in [0.1, 0.15) is 64.0 Å². The molecule has 3 heteroatoms. The van der Waals surface area contributed by atoms with E-state index in [4.69, 9.17) is 4.98 Å². The Morgan fingerprint density at radius 1 is 0.912 bits per heavy atom. The summed E-state index contributed by atoms with van der Waals surface area (Å²) in [5.41, 5.74) is 7.66. The molecule has 1 saturated carbocycles. The number of hydrogen-bond acceptors (Lipinski definition) is 2. The summed E-state index contributed by atoms with van der Waals surface area (Å²) in [7, 11) is 0. The van der Waals surface area contributed by atoms with E-state index in [9.17, 15) is 5.26 Å². The molecule has 34 heavy (non-hydrogen) atoms. The first-order valence-corrected chi connectivity index (χ1v) is 12.5. The summed E-state index contributed by atoms with van der Waals surface area (Å²) < 4.78 is 2.40. The Hall–Kier alpha value is -3.38. The molecule has 4 aromatic rings. The second-order valence-electron chi connectivity index (χ2n) is 10.8. The van der Waals surface area contributed by atoms with Gasteiger partial charge in [-0.15, -0.1) is 0 Å². The molecule has 0 unspecified atom stereocenters. The molecule has 2 heterocycles. The van der Waals surface area contributed by atoms with E-state index in [1.54, 1.807) is 0 Å². The largest absolute Gasteiger partial charge is 0.346 e. The number of nitrogens with zero attached hydrogens (tertiary/aromatic N) is 3. The summed E-state index contributed by atoms with van der Waals surface area (Å²) in [5, 5.41) is 10.5. The fourth-order valence-corrected chi connectivity index (χ4v) is 5.32. The van der Waals surface area contributed by atoms with Crippen LogP contribution in [0.2, 0.25) is 0 Å². The highest BCUT2D eigenvalue weighted by Gasteiger charge is 2.20. The first-order chi connectivity index (χ1) is 16.4. The van der Waals surface area contributed by atoms with Crippen molar-refractivity contribution in [3.63, 3.8) is 0 Å². The highest BCUT2D eigenvalue weighted by Crippen LogP contribution is 2.38. The van der Waals surface area contributed by atoms with Crippen molar-refractivity contribution in [2.24, 2.45) is 5.92 Å². The van der Waals surface area contributed by atoms with Crippen LogP contribution in [0.25, 0.3) is 33.3 Å². The standard InChI is InChI=1S/C31H33N3/c1-31(2,3)26-15-13-25(14-16-26)30-29(24-11-9-22(19-32)10-12-24)27-17-18-34(28(27)20-33-30)21-23-7-5-4-6-8-23/h9-18,20,23H,4-8,21H2,1-3H3. The minimum absolute atomic E-state index is 0.113. The second-order valence-corrected chi connectivity index (χ2v) is 10.8. The van der Waals surface area contributed by atoms with Crippen LogP contribution in [0.3, 0.4) is 0 Å². The third-order valence-corrected chi connectivity index (χ3v) is 7.34. The van der Waals surface area contributed by atoms with Crippen molar-refractivity contribution in [1.82, 2.24) is 9.55 Å². The summed E-state index contributed by atoms with van der Waals surface area (Å²) in [4.78, 5) is 5.03. The quantitative estimate of drug-likeness (QED) is 0.317. The normalized spacial score (nSPS) is 14.9. The van der Waals surface area contributed by atoms with Gasteiger partial charge in [-0.25, -0.2) is 0 Å². The predicted molar refractivity (Wildman–Crippen MR) is 141 cm³/mol. The van der Waals surface area contributed by atoms with Crippen LogP contribution in [0.4, 0.5) is 0 Å². The Bertz CT molecular complexity index is 1320. The van der Waals surface area contributed by atoms with E-state index in [1.807, 2.05) is 12.1 Å². The molecule has 172 valence electrons. The molecule has 0 N–H and O–H groups in total. The first kappa shape index (κ1) is 22.4. The van der Waals surface area contributed by atoms with Gasteiger partial charge in [0.15, 0.2) is 0 Å². The summed E-state index contributed by atoms with van der Waals surface area (Å²) >= 11 is 0. The molecule has 0 radical (unpaired) electrons. The topological polar surface area (TPSA) is 41.6 Å². The summed E-state index contributed by atoms with van der Waals surface area (Å²) in [6.45, 7) is 7.79. The minimum Gasteiger partial charge on any atom is -0.346 e. The van der Waals surface area contributed by atoms with Crippen molar-refractivity contribution in [2.75, 3.05) is 0 Å². The van der Waals surface area contributed by atoms with Crippen LogP contribution in [-0.4, -0.2) is 9.55 Å². The third kappa shape index (κ3) is 4.38. The van der Waals surface area contributed by atoms with Crippen LogP contribution in [-0.2, 0) is 12.0 Å². The molecule has 2 aromatic carbocycles. The number of benzene rings is 2. The van der Waals surface area contributed by atoms with Crippen LogP contribution >= 0.6 is 0 Å².